The van der Waals surface area contributed by atoms with E-state index in [0.29, 0.717) is 18.1 Å². The Labute approximate surface area is 143 Å². The summed E-state index contributed by atoms with van der Waals surface area (Å²) in [5, 5.41) is 11.1. The molecular weight excluding hydrogens is 342 g/mol. The van der Waals surface area contributed by atoms with Crippen LogP contribution in [0, 0.1) is 0 Å². The second-order valence-electron chi connectivity index (χ2n) is 5.71. The first-order valence-corrected chi connectivity index (χ1v) is 9.60. The van der Waals surface area contributed by atoms with Gasteiger partial charge in [-0.3, -0.25) is 14.2 Å². The van der Waals surface area contributed by atoms with Gasteiger partial charge in [-0.2, -0.15) is 10.2 Å². The third-order valence-corrected chi connectivity index (χ3v) is 4.68. The van der Waals surface area contributed by atoms with Crippen LogP contribution in [0.2, 0.25) is 0 Å². The summed E-state index contributed by atoms with van der Waals surface area (Å²) in [6, 6.07) is 3.69. The number of aromatic amines is 1. The predicted molar refractivity (Wildman–Crippen MR) is 91.5 cm³/mol. The number of fused-ring (bicyclic) bond motifs is 1. The Morgan fingerprint density at radius 2 is 2.16 bits per heavy atom. The number of hydrogen-bond donors (Lipinski definition) is 1. The third-order valence-electron chi connectivity index (χ3n) is 3.75. The fourth-order valence-corrected chi connectivity index (χ4v) is 3.04. The lowest BCUT2D eigenvalue weighted by Gasteiger charge is -2.05. The van der Waals surface area contributed by atoms with Crippen LogP contribution in [0.4, 0.5) is 0 Å². The van der Waals surface area contributed by atoms with E-state index >= 15 is 0 Å². The third kappa shape index (κ3) is 3.15. The number of aryl methyl sites for hydroxylation is 1. The lowest BCUT2D eigenvalue weighted by Crippen LogP contribution is -2.11. The molecule has 4 rings (SSSR count). The van der Waals surface area contributed by atoms with Crippen molar-refractivity contribution in [2.24, 2.45) is 0 Å². The van der Waals surface area contributed by atoms with E-state index < -0.39 is 9.84 Å². The van der Waals surface area contributed by atoms with Crippen molar-refractivity contribution in [1.29, 1.82) is 0 Å². The highest BCUT2D eigenvalue weighted by atomic mass is 32.2. The van der Waals surface area contributed by atoms with Crippen LogP contribution >= 0.6 is 0 Å². The molecule has 0 unspecified atom stereocenters. The first-order valence-electron chi connectivity index (χ1n) is 7.54. The Balaban J connectivity index is 1.74. The smallest absolute Gasteiger partial charge is 0.164 e. The molecule has 4 heterocycles. The van der Waals surface area contributed by atoms with Gasteiger partial charge in [-0.15, -0.1) is 0 Å². The van der Waals surface area contributed by atoms with Crippen molar-refractivity contribution in [3.05, 3.63) is 43.1 Å². The van der Waals surface area contributed by atoms with E-state index in [-0.39, 0.29) is 5.75 Å². The largest absolute Gasteiger partial charge is 0.283 e. The van der Waals surface area contributed by atoms with Crippen LogP contribution in [0.15, 0.2) is 43.1 Å². The summed E-state index contributed by atoms with van der Waals surface area (Å²) >= 11 is 0. The van der Waals surface area contributed by atoms with Gasteiger partial charge in [-0.05, 0) is 6.07 Å². The molecule has 0 atom stereocenters. The minimum Gasteiger partial charge on any atom is -0.283 e. The van der Waals surface area contributed by atoms with Gasteiger partial charge in [-0.25, -0.2) is 18.4 Å². The molecule has 9 nitrogen and oxygen atoms in total. The van der Waals surface area contributed by atoms with Gasteiger partial charge in [0.1, 0.15) is 21.2 Å². The fraction of sp³-hybridized carbons (Fsp3) is 0.200. The van der Waals surface area contributed by atoms with E-state index in [0.717, 1.165) is 16.9 Å². The first-order chi connectivity index (χ1) is 12.0. The minimum atomic E-state index is -3.04. The second kappa shape index (κ2) is 5.81. The van der Waals surface area contributed by atoms with Gasteiger partial charge in [0.15, 0.2) is 5.82 Å². The summed E-state index contributed by atoms with van der Waals surface area (Å²) in [6.07, 6.45) is 9.86. The van der Waals surface area contributed by atoms with Crippen LogP contribution in [0.3, 0.4) is 0 Å². The van der Waals surface area contributed by atoms with Gasteiger partial charge in [0.2, 0.25) is 0 Å². The molecule has 0 fully saturated rings. The Bertz CT molecular complexity index is 1130. The summed E-state index contributed by atoms with van der Waals surface area (Å²) < 4.78 is 26.1. The molecule has 0 aliphatic rings. The normalized spacial score (nSPS) is 12.0. The zero-order valence-electron chi connectivity index (χ0n) is 13.4. The molecular formula is C15H15N7O2S. The van der Waals surface area contributed by atoms with E-state index in [9.17, 15) is 8.42 Å². The van der Waals surface area contributed by atoms with Gasteiger partial charge in [0, 0.05) is 42.7 Å². The maximum absolute atomic E-state index is 11.3. The van der Waals surface area contributed by atoms with E-state index in [1.165, 1.54) is 6.26 Å². The van der Waals surface area contributed by atoms with Crippen LogP contribution in [0.25, 0.3) is 28.4 Å². The highest BCUT2D eigenvalue weighted by molar-refractivity contribution is 7.90. The number of rotatable bonds is 5. The summed E-state index contributed by atoms with van der Waals surface area (Å²) in [5.41, 5.74) is 3.02. The lowest BCUT2D eigenvalue weighted by atomic mass is 10.2. The average Bonchev–Trinajstić information content (AvgIpc) is 3.30. The van der Waals surface area contributed by atoms with Crippen molar-refractivity contribution in [3.63, 3.8) is 0 Å². The number of nitrogens with zero attached hydrogens (tertiary/aromatic N) is 6. The van der Waals surface area contributed by atoms with E-state index in [1.807, 2.05) is 22.7 Å². The Hall–Kier alpha value is -3.01. The van der Waals surface area contributed by atoms with Crippen LogP contribution in [0.5, 0.6) is 0 Å². The van der Waals surface area contributed by atoms with Crippen molar-refractivity contribution in [2.45, 2.75) is 6.54 Å². The maximum atomic E-state index is 11.3. The Morgan fingerprint density at radius 1 is 1.28 bits per heavy atom. The zero-order valence-corrected chi connectivity index (χ0v) is 14.2. The number of imidazole rings is 1. The van der Waals surface area contributed by atoms with E-state index in [4.69, 9.17) is 0 Å². The van der Waals surface area contributed by atoms with Crippen molar-refractivity contribution in [2.75, 3.05) is 12.0 Å². The molecule has 0 aliphatic heterocycles. The molecule has 0 aliphatic carbocycles. The summed E-state index contributed by atoms with van der Waals surface area (Å²) in [6.45, 7) is 0.303. The zero-order chi connectivity index (χ0) is 17.4. The molecule has 0 aromatic carbocycles. The van der Waals surface area contributed by atoms with Crippen molar-refractivity contribution >= 4 is 15.5 Å². The van der Waals surface area contributed by atoms with Crippen LogP contribution in [-0.4, -0.2) is 54.8 Å². The number of nitrogens with one attached hydrogen (secondary N) is 1. The molecule has 10 heteroatoms. The van der Waals surface area contributed by atoms with Crippen molar-refractivity contribution < 1.29 is 8.42 Å². The van der Waals surface area contributed by atoms with Crippen LogP contribution in [-0.2, 0) is 16.4 Å². The quantitative estimate of drug-likeness (QED) is 0.571. The summed E-state index contributed by atoms with van der Waals surface area (Å²) in [7, 11) is -3.04. The maximum Gasteiger partial charge on any atom is 0.164 e. The number of aromatic nitrogens is 7. The Kier molecular flexibility index (Phi) is 3.61. The summed E-state index contributed by atoms with van der Waals surface area (Å²) in [5.74, 6) is 0.728. The first kappa shape index (κ1) is 15.5. The average molecular weight is 357 g/mol. The minimum absolute atomic E-state index is 0.0419. The predicted octanol–water partition coefficient (Wildman–Crippen LogP) is 1.03. The molecule has 0 radical (unpaired) electrons. The SMILES string of the molecule is CS(=O)(=O)CCn1cc(-c2cc3nccn3c(-c3ccn[nH]3)n2)cn1. The molecule has 4 aromatic heterocycles. The van der Waals surface area contributed by atoms with E-state index in [1.54, 1.807) is 29.5 Å². The second-order valence-corrected chi connectivity index (χ2v) is 7.97. The lowest BCUT2D eigenvalue weighted by molar-refractivity contribution is 0.586. The molecule has 0 saturated heterocycles. The van der Waals surface area contributed by atoms with Gasteiger partial charge >= 0.3 is 0 Å². The van der Waals surface area contributed by atoms with Crippen molar-refractivity contribution in [1.82, 2.24) is 34.3 Å². The standard InChI is InChI=1S/C15H15N7O2S/c1-25(23,24)7-6-21-10-11(9-18-21)13-8-14-16-4-5-22(14)15(19-13)12-2-3-17-20-12/h2-5,8-10H,6-7H2,1H3,(H,17,20). The molecule has 128 valence electrons. The van der Waals surface area contributed by atoms with Gasteiger partial charge in [-0.1, -0.05) is 0 Å². The number of hydrogen-bond acceptors (Lipinski definition) is 6. The highest BCUT2D eigenvalue weighted by Crippen LogP contribution is 2.23. The van der Waals surface area contributed by atoms with E-state index in [2.05, 4.69) is 25.3 Å². The molecule has 1 N–H and O–H groups in total. The van der Waals surface area contributed by atoms with Gasteiger partial charge in [0.25, 0.3) is 0 Å². The van der Waals surface area contributed by atoms with Gasteiger partial charge < -0.3 is 0 Å². The van der Waals surface area contributed by atoms with Crippen LogP contribution in [0.1, 0.15) is 0 Å². The Morgan fingerprint density at radius 3 is 2.92 bits per heavy atom. The summed E-state index contributed by atoms with van der Waals surface area (Å²) in [4.78, 5) is 9.02. The van der Waals surface area contributed by atoms with Crippen LogP contribution < -0.4 is 0 Å². The van der Waals surface area contributed by atoms with Gasteiger partial charge in [0.05, 0.1) is 24.2 Å². The van der Waals surface area contributed by atoms with Crippen molar-refractivity contribution in [3.8, 4) is 22.8 Å². The topological polar surface area (TPSA) is 111 Å². The monoisotopic (exact) mass is 357 g/mol. The molecule has 0 amide bonds. The molecule has 0 bridgehead atoms. The molecule has 0 saturated carbocycles. The molecule has 4 aromatic rings. The number of H-pyrrole nitrogens is 1. The molecule has 0 spiro atoms. The highest BCUT2D eigenvalue weighted by Gasteiger charge is 2.13. The molecule has 25 heavy (non-hydrogen) atoms. The fourth-order valence-electron chi connectivity index (χ4n) is 2.52. The number of sulfone groups is 1.